The molecule has 6 heteroatoms. The highest BCUT2D eigenvalue weighted by Crippen LogP contribution is 2.16. The molecule has 0 fully saturated rings. The van der Waals surface area contributed by atoms with E-state index in [-0.39, 0.29) is 11.9 Å². The smallest absolute Gasteiger partial charge is 0.273 e. The van der Waals surface area contributed by atoms with Gasteiger partial charge in [0.1, 0.15) is 17.2 Å². The molecule has 0 saturated carbocycles. The van der Waals surface area contributed by atoms with Crippen LogP contribution in [0.4, 0.5) is 0 Å². The largest absolute Gasteiger partial charge is 0.346 e. The lowest BCUT2D eigenvalue weighted by molar-refractivity contribution is 0.0753. The third-order valence-electron chi connectivity index (χ3n) is 2.91. The fourth-order valence-corrected chi connectivity index (χ4v) is 2.07. The second kappa shape index (κ2) is 5.36. The van der Waals surface area contributed by atoms with Gasteiger partial charge in [-0.1, -0.05) is 0 Å². The van der Waals surface area contributed by atoms with E-state index in [1.54, 1.807) is 18.0 Å². The van der Waals surface area contributed by atoms with Gasteiger partial charge in [0.15, 0.2) is 0 Å². The number of carbonyl (C=O) groups excluding carboxylic acids is 1. The first kappa shape index (κ1) is 13.5. The van der Waals surface area contributed by atoms with E-state index in [4.69, 9.17) is 5.73 Å². The number of hydrogen-bond donors (Lipinski definition) is 2. The Morgan fingerprint density at radius 1 is 1.53 bits per heavy atom. The van der Waals surface area contributed by atoms with Gasteiger partial charge in [-0.25, -0.2) is 9.97 Å². The van der Waals surface area contributed by atoms with E-state index in [1.165, 1.54) is 0 Å². The minimum atomic E-state index is -0.102. The molecule has 0 bridgehead atoms. The van der Waals surface area contributed by atoms with Gasteiger partial charge in [-0.2, -0.15) is 0 Å². The summed E-state index contributed by atoms with van der Waals surface area (Å²) >= 11 is 0. The number of rotatable bonds is 4. The van der Waals surface area contributed by atoms with Crippen LogP contribution in [-0.2, 0) is 0 Å². The molecule has 0 saturated heterocycles. The predicted octanol–water partition coefficient (Wildman–Crippen LogP) is 1.08. The van der Waals surface area contributed by atoms with Gasteiger partial charge >= 0.3 is 0 Å². The molecule has 19 heavy (non-hydrogen) atoms. The molecule has 3 N–H and O–H groups in total. The van der Waals surface area contributed by atoms with E-state index in [1.807, 2.05) is 19.9 Å². The summed E-state index contributed by atoms with van der Waals surface area (Å²) in [6.07, 6.45) is 1.76. The van der Waals surface area contributed by atoms with Crippen molar-refractivity contribution < 1.29 is 4.79 Å². The number of H-pyrrole nitrogens is 1. The number of aromatic amines is 1. The summed E-state index contributed by atoms with van der Waals surface area (Å²) in [4.78, 5) is 25.8. The van der Waals surface area contributed by atoms with Crippen LogP contribution in [0.2, 0.25) is 0 Å². The van der Waals surface area contributed by atoms with Gasteiger partial charge in [0, 0.05) is 25.3 Å². The highest BCUT2D eigenvalue weighted by molar-refractivity contribution is 6.03. The van der Waals surface area contributed by atoms with Crippen LogP contribution < -0.4 is 5.73 Å². The monoisotopic (exact) mass is 261 g/mol. The lowest BCUT2D eigenvalue weighted by atomic mass is 10.2. The molecule has 2 rings (SSSR count). The molecule has 0 aliphatic heterocycles. The fourth-order valence-electron chi connectivity index (χ4n) is 2.07. The number of likely N-dealkylation sites (N-methyl/N-ethyl adjacent to an activating group) is 1. The van der Waals surface area contributed by atoms with Crippen LogP contribution in [0.25, 0.3) is 11.0 Å². The molecule has 2 aromatic rings. The summed E-state index contributed by atoms with van der Waals surface area (Å²) in [6, 6.07) is 1.76. The van der Waals surface area contributed by atoms with Crippen molar-refractivity contribution in [1.82, 2.24) is 19.9 Å². The van der Waals surface area contributed by atoms with E-state index in [0.717, 1.165) is 5.39 Å². The maximum Gasteiger partial charge on any atom is 0.273 e. The first-order valence-electron chi connectivity index (χ1n) is 6.39. The van der Waals surface area contributed by atoms with Crippen molar-refractivity contribution in [3.63, 3.8) is 0 Å². The second-order valence-corrected chi connectivity index (χ2v) is 4.68. The molecule has 102 valence electrons. The van der Waals surface area contributed by atoms with Gasteiger partial charge in [-0.15, -0.1) is 0 Å². The maximum absolute atomic E-state index is 12.5. The molecule has 6 nitrogen and oxygen atoms in total. The number of nitrogens with zero attached hydrogens (tertiary/aromatic N) is 3. The van der Waals surface area contributed by atoms with Crippen LogP contribution in [0.15, 0.2) is 12.3 Å². The third-order valence-corrected chi connectivity index (χ3v) is 2.91. The summed E-state index contributed by atoms with van der Waals surface area (Å²) < 4.78 is 0. The van der Waals surface area contributed by atoms with E-state index in [2.05, 4.69) is 15.0 Å². The van der Waals surface area contributed by atoms with E-state index in [9.17, 15) is 4.79 Å². The molecule has 1 amide bonds. The zero-order chi connectivity index (χ0) is 14.0. The highest BCUT2D eigenvalue weighted by atomic mass is 16.2. The molecule has 0 radical (unpaired) electrons. The lowest BCUT2D eigenvalue weighted by Gasteiger charge is -2.22. The normalized spacial score (nSPS) is 12.6. The average Bonchev–Trinajstić information content (AvgIpc) is 2.81. The standard InChI is InChI=1S/C13H19N5O/c1-4-18(7-8(2)14)13(19)11-10-5-6-15-12(10)17-9(3)16-11/h5-6,8H,4,7,14H2,1-3H3,(H,15,16,17). The number of carbonyl (C=O) groups is 1. The Kier molecular flexibility index (Phi) is 3.80. The summed E-state index contributed by atoms with van der Waals surface area (Å²) in [6.45, 7) is 6.72. The molecule has 1 atom stereocenters. The van der Waals surface area contributed by atoms with Crippen molar-refractivity contribution in [2.45, 2.75) is 26.8 Å². The molecular weight excluding hydrogens is 242 g/mol. The molecule has 0 spiro atoms. The van der Waals surface area contributed by atoms with Gasteiger partial charge in [0.05, 0.1) is 5.39 Å². The highest BCUT2D eigenvalue weighted by Gasteiger charge is 2.20. The number of hydrogen-bond acceptors (Lipinski definition) is 4. The van der Waals surface area contributed by atoms with Gasteiger partial charge in [-0.05, 0) is 26.8 Å². The zero-order valence-corrected chi connectivity index (χ0v) is 11.5. The van der Waals surface area contributed by atoms with E-state index in [0.29, 0.717) is 30.3 Å². The Hall–Kier alpha value is -1.95. The predicted molar refractivity (Wildman–Crippen MR) is 73.9 cm³/mol. The SMILES string of the molecule is CCN(CC(C)N)C(=O)c1nc(C)nc2[nH]ccc12. The molecular formula is C13H19N5O. The second-order valence-electron chi connectivity index (χ2n) is 4.68. The zero-order valence-electron chi connectivity index (χ0n) is 11.5. The number of nitrogens with two attached hydrogens (primary N) is 1. The van der Waals surface area contributed by atoms with Crippen LogP contribution in [-0.4, -0.2) is 44.9 Å². The average molecular weight is 261 g/mol. The Morgan fingerprint density at radius 3 is 2.89 bits per heavy atom. The summed E-state index contributed by atoms with van der Waals surface area (Å²) in [5, 5.41) is 0.749. The Labute approximate surface area is 112 Å². The van der Waals surface area contributed by atoms with Crippen molar-refractivity contribution in [3.05, 3.63) is 23.8 Å². The Bertz CT molecular complexity index is 590. The molecule has 2 aromatic heterocycles. The Balaban J connectivity index is 2.42. The third kappa shape index (κ3) is 2.73. The van der Waals surface area contributed by atoms with Crippen molar-refractivity contribution in [2.24, 2.45) is 5.73 Å². The molecule has 1 unspecified atom stereocenters. The number of aromatic nitrogens is 3. The Morgan fingerprint density at radius 2 is 2.26 bits per heavy atom. The van der Waals surface area contributed by atoms with Crippen LogP contribution in [0.5, 0.6) is 0 Å². The van der Waals surface area contributed by atoms with Crippen LogP contribution >= 0.6 is 0 Å². The quantitative estimate of drug-likeness (QED) is 0.862. The summed E-state index contributed by atoms with van der Waals surface area (Å²) in [5.41, 5.74) is 6.90. The number of amides is 1. The molecule has 0 aromatic carbocycles. The van der Waals surface area contributed by atoms with E-state index < -0.39 is 0 Å². The number of fused-ring (bicyclic) bond motifs is 1. The van der Waals surface area contributed by atoms with Crippen LogP contribution in [0.1, 0.15) is 30.2 Å². The summed E-state index contributed by atoms with van der Waals surface area (Å²) in [5.74, 6) is 0.477. The first-order chi connectivity index (χ1) is 9.02. The van der Waals surface area contributed by atoms with Crippen LogP contribution in [0, 0.1) is 6.92 Å². The lowest BCUT2D eigenvalue weighted by Crippen LogP contribution is -2.40. The fraction of sp³-hybridized carbons (Fsp3) is 0.462. The molecule has 2 heterocycles. The minimum Gasteiger partial charge on any atom is -0.346 e. The minimum absolute atomic E-state index is 0.0615. The topological polar surface area (TPSA) is 87.9 Å². The first-order valence-corrected chi connectivity index (χ1v) is 6.39. The van der Waals surface area contributed by atoms with Crippen molar-refractivity contribution >= 4 is 16.9 Å². The van der Waals surface area contributed by atoms with E-state index >= 15 is 0 Å². The van der Waals surface area contributed by atoms with Crippen LogP contribution in [0.3, 0.4) is 0 Å². The van der Waals surface area contributed by atoms with Crippen molar-refractivity contribution in [2.75, 3.05) is 13.1 Å². The number of aryl methyl sites for hydroxylation is 1. The van der Waals surface area contributed by atoms with Crippen molar-refractivity contribution in [1.29, 1.82) is 0 Å². The van der Waals surface area contributed by atoms with Gasteiger partial charge < -0.3 is 15.6 Å². The molecule has 0 aliphatic carbocycles. The summed E-state index contributed by atoms with van der Waals surface area (Å²) in [7, 11) is 0. The van der Waals surface area contributed by atoms with Gasteiger partial charge in [0.25, 0.3) is 5.91 Å². The van der Waals surface area contributed by atoms with Gasteiger partial charge in [0.2, 0.25) is 0 Å². The maximum atomic E-state index is 12.5. The number of nitrogens with one attached hydrogen (secondary N) is 1. The van der Waals surface area contributed by atoms with Crippen molar-refractivity contribution in [3.8, 4) is 0 Å². The molecule has 0 aliphatic rings. The van der Waals surface area contributed by atoms with Gasteiger partial charge in [-0.3, -0.25) is 4.79 Å².